The summed E-state index contributed by atoms with van der Waals surface area (Å²) in [4.78, 5) is 28.8. The van der Waals surface area contributed by atoms with Gasteiger partial charge in [0.15, 0.2) is 0 Å². The molecule has 1 aromatic heterocycles. The van der Waals surface area contributed by atoms with Crippen molar-refractivity contribution in [2.45, 2.75) is 65.6 Å². The van der Waals surface area contributed by atoms with Crippen molar-refractivity contribution in [1.82, 2.24) is 24.9 Å². The van der Waals surface area contributed by atoms with Gasteiger partial charge in [-0.25, -0.2) is 4.79 Å². The Bertz CT molecular complexity index is 656. The predicted molar refractivity (Wildman–Crippen MR) is 99.5 cm³/mol. The standard InChI is InChI=1S/C19H31N5O2/c1-4-23-12-16(11-21-23)10-20-18(26)22-9-5-7-19(13-22)8-6-17(25)24(14-19)15(2)3/h11-12,15H,4-10,13-14H2,1-3H3,(H,20,26). The van der Waals surface area contributed by atoms with Crippen LogP contribution in [0.4, 0.5) is 4.79 Å². The first-order chi connectivity index (χ1) is 12.4. The molecule has 2 saturated heterocycles. The van der Waals surface area contributed by atoms with E-state index in [-0.39, 0.29) is 23.4 Å². The number of amides is 3. The van der Waals surface area contributed by atoms with Crippen LogP contribution in [0.15, 0.2) is 12.4 Å². The van der Waals surface area contributed by atoms with E-state index in [9.17, 15) is 9.59 Å². The second-order valence-electron chi connectivity index (χ2n) is 8.00. The van der Waals surface area contributed by atoms with Gasteiger partial charge in [0.2, 0.25) is 5.91 Å². The Morgan fingerprint density at radius 3 is 2.85 bits per heavy atom. The molecule has 2 fully saturated rings. The lowest BCUT2D eigenvalue weighted by Crippen LogP contribution is -2.57. The van der Waals surface area contributed by atoms with Crippen molar-refractivity contribution >= 4 is 11.9 Å². The molecule has 7 heteroatoms. The number of nitrogens with zero attached hydrogens (tertiary/aromatic N) is 4. The largest absolute Gasteiger partial charge is 0.340 e. The van der Waals surface area contributed by atoms with Crippen molar-refractivity contribution in [1.29, 1.82) is 0 Å². The fourth-order valence-electron chi connectivity index (χ4n) is 4.19. The summed E-state index contributed by atoms with van der Waals surface area (Å²) in [6.07, 6.45) is 7.35. The number of piperidine rings is 2. The minimum absolute atomic E-state index is 0.0127. The minimum Gasteiger partial charge on any atom is -0.340 e. The summed E-state index contributed by atoms with van der Waals surface area (Å²) >= 11 is 0. The van der Waals surface area contributed by atoms with E-state index >= 15 is 0 Å². The van der Waals surface area contributed by atoms with E-state index in [4.69, 9.17) is 0 Å². The van der Waals surface area contributed by atoms with Crippen molar-refractivity contribution in [3.8, 4) is 0 Å². The highest BCUT2D eigenvalue weighted by atomic mass is 16.2. The van der Waals surface area contributed by atoms with Crippen LogP contribution in [0.1, 0.15) is 52.0 Å². The Kier molecular flexibility index (Phi) is 5.53. The van der Waals surface area contributed by atoms with E-state index in [1.165, 1.54) is 0 Å². The Labute approximate surface area is 155 Å². The number of carbonyl (C=O) groups is 2. The van der Waals surface area contributed by atoms with Gasteiger partial charge in [-0.1, -0.05) is 0 Å². The molecule has 0 radical (unpaired) electrons. The number of rotatable bonds is 4. The quantitative estimate of drug-likeness (QED) is 0.894. The third kappa shape index (κ3) is 4.02. The maximum atomic E-state index is 12.7. The molecule has 3 amide bonds. The first-order valence-corrected chi connectivity index (χ1v) is 9.76. The number of carbonyl (C=O) groups excluding carboxylic acids is 2. The lowest BCUT2D eigenvalue weighted by Gasteiger charge is -2.49. The van der Waals surface area contributed by atoms with Crippen LogP contribution in [-0.2, 0) is 17.9 Å². The van der Waals surface area contributed by atoms with Crippen LogP contribution in [0, 0.1) is 5.41 Å². The summed E-state index contributed by atoms with van der Waals surface area (Å²) in [5, 5.41) is 7.26. The van der Waals surface area contributed by atoms with Crippen LogP contribution in [0.2, 0.25) is 0 Å². The summed E-state index contributed by atoms with van der Waals surface area (Å²) in [7, 11) is 0. The zero-order valence-electron chi connectivity index (χ0n) is 16.2. The number of nitrogens with one attached hydrogen (secondary N) is 1. The Balaban J connectivity index is 1.58. The molecular formula is C19H31N5O2. The van der Waals surface area contributed by atoms with Crippen LogP contribution < -0.4 is 5.32 Å². The van der Waals surface area contributed by atoms with Gasteiger partial charge in [-0.2, -0.15) is 5.10 Å². The Morgan fingerprint density at radius 2 is 2.15 bits per heavy atom. The van der Waals surface area contributed by atoms with Crippen molar-refractivity contribution in [2.75, 3.05) is 19.6 Å². The lowest BCUT2D eigenvalue weighted by molar-refractivity contribution is -0.141. The van der Waals surface area contributed by atoms with Crippen molar-refractivity contribution < 1.29 is 9.59 Å². The summed E-state index contributed by atoms with van der Waals surface area (Å²) < 4.78 is 1.86. The molecule has 3 rings (SSSR count). The maximum Gasteiger partial charge on any atom is 0.317 e. The highest BCUT2D eigenvalue weighted by Crippen LogP contribution is 2.39. The summed E-state index contributed by atoms with van der Waals surface area (Å²) in [6, 6.07) is 0.209. The molecule has 7 nitrogen and oxygen atoms in total. The van der Waals surface area contributed by atoms with Crippen LogP contribution in [0.3, 0.4) is 0 Å². The molecule has 3 heterocycles. The lowest BCUT2D eigenvalue weighted by atomic mass is 9.73. The van der Waals surface area contributed by atoms with E-state index in [0.29, 0.717) is 13.0 Å². The zero-order chi connectivity index (χ0) is 18.7. The third-order valence-electron chi connectivity index (χ3n) is 5.72. The first-order valence-electron chi connectivity index (χ1n) is 9.76. The second-order valence-corrected chi connectivity index (χ2v) is 8.00. The van der Waals surface area contributed by atoms with Gasteiger partial charge in [0, 0.05) is 62.4 Å². The highest BCUT2D eigenvalue weighted by Gasteiger charge is 2.43. The maximum absolute atomic E-state index is 12.7. The van der Waals surface area contributed by atoms with E-state index in [1.54, 1.807) is 6.20 Å². The molecule has 1 spiro atoms. The number of aromatic nitrogens is 2. The Hall–Kier alpha value is -2.05. The summed E-state index contributed by atoms with van der Waals surface area (Å²) in [5.41, 5.74) is 1.07. The number of hydrogen-bond donors (Lipinski definition) is 1. The molecule has 0 aliphatic carbocycles. The minimum atomic E-state index is -0.0127. The second kappa shape index (κ2) is 7.68. The predicted octanol–water partition coefficient (Wildman–Crippen LogP) is 2.23. The molecule has 0 bridgehead atoms. The third-order valence-corrected chi connectivity index (χ3v) is 5.72. The number of urea groups is 1. The van der Waals surface area contributed by atoms with Gasteiger partial charge in [0.25, 0.3) is 0 Å². The van der Waals surface area contributed by atoms with Gasteiger partial charge >= 0.3 is 6.03 Å². The van der Waals surface area contributed by atoms with E-state index in [0.717, 1.165) is 51.0 Å². The molecule has 144 valence electrons. The van der Waals surface area contributed by atoms with Gasteiger partial charge in [-0.05, 0) is 40.0 Å². The first kappa shape index (κ1) is 18.7. The molecule has 2 aliphatic heterocycles. The molecule has 2 aliphatic rings. The van der Waals surface area contributed by atoms with Crippen molar-refractivity contribution in [3.05, 3.63) is 18.0 Å². The normalized spacial score (nSPS) is 23.8. The van der Waals surface area contributed by atoms with E-state index < -0.39 is 0 Å². The number of hydrogen-bond acceptors (Lipinski definition) is 3. The van der Waals surface area contributed by atoms with Crippen LogP contribution in [0.25, 0.3) is 0 Å². The van der Waals surface area contributed by atoms with Crippen LogP contribution >= 0.6 is 0 Å². The average molecular weight is 361 g/mol. The summed E-state index contributed by atoms with van der Waals surface area (Å²) in [5.74, 6) is 0.250. The molecule has 1 atom stereocenters. The van der Waals surface area contributed by atoms with Gasteiger partial charge in [-0.15, -0.1) is 0 Å². The average Bonchev–Trinajstić information content (AvgIpc) is 3.10. The molecule has 26 heavy (non-hydrogen) atoms. The number of aryl methyl sites for hydroxylation is 1. The molecule has 0 saturated carbocycles. The van der Waals surface area contributed by atoms with Crippen molar-refractivity contribution in [3.63, 3.8) is 0 Å². The fourth-order valence-corrected chi connectivity index (χ4v) is 4.19. The van der Waals surface area contributed by atoms with E-state index in [1.807, 2.05) is 27.6 Å². The van der Waals surface area contributed by atoms with Gasteiger partial charge in [0.05, 0.1) is 6.20 Å². The topological polar surface area (TPSA) is 70.5 Å². The monoisotopic (exact) mass is 361 g/mol. The van der Waals surface area contributed by atoms with Crippen molar-refractivity contribution in [2.24, 2.45) is 5.41 Å². The van der Waals surface area contributed by atoms with Crippen LogP contribution in [0.5, 0.6) is 0 Å². The molecule has 1 N–H and O–H groups in total. The Morgan fingerprint density at radius 1 is 1.35 bits per heavy atom. The van der Waals surface area contributed by atoms with Gasteiger partial charge in [-0.3, -0.25) is 9.48 Å². The smallest absolute Gasteiger partial charge is 0.317 e. The molecule has 0 aromatic carbocycles. The molecule has 1 unspecified atom stereocenters. The van der Waals surface area contributed by atoms with Gasteiger partial charge < -0.3 is 15.1 Å². The zero-order valence-corrected chi connectivity index (χ0v) is 16.2. The SMILES string of the molecule is CCn1cc(CNC(=O)N2CCCC3(CCC(=O)N(C(C)C)C3)C2)cn1. The highest BCUT2D eigenvalue weighted by molar-refractivity contribution is 5.78. The molecular weight excluding hydrogens is 330 g/mol. The molecule has 1 aromatic rings. The number of likely N-dealkylation sites (tertiary alicyclic amines) is 2. The summed E-state index contributed by atoms with van der Waals surface area (Å²) in [6.45, 7) is 9.81. The van der Waals surface area contributed by atoms with E-state index in [2.05, 4.69) is 24.3 Å². The fraction of sp³-hybridized carbons (Fsp3) is 0.737. The van der Waals surface area contributed by atoms with Crippen LogP contribution in [-0.4, -0.2) is 57.2 Å². The van der Waals surface area contributed by atoms with Gasteiger partial charge in [0.1, 0.15) is 0 Å².